The van der Waals surface area contributed by atoms with Crippen molar-refractivity contribution >= 4 is 23.5 Å². The molecule has 33 heavy (non-hydrogen) atoms. The van der Waals surface area contributed by atoms with Gasteiger partial charge in [0.2, 0.25) is 0 Å². The number of rotatable bonds is 5. The molecule has 2 fully saturated rings. The lowest BCUT2D eigenvalue weighted by molar-refractivity contribution is 0.0291. The maximum atomic E-state index is 13.2. The molecule has 2 heterocycles. The average Bonchev–Trinajstić information content (AvgIpc) is 3.24. The summed E-state index contributed by atoms with van der Waals surface area (Å²) in [7, 11) is 0. The lowest BCUT2D eigenvalue weighted by Gasteiger charge is -2.46. The van der Waals surface area contributed by atoms with Crippen LogP contribution in [0.1, 0.15) is 54.9 Å². The normalized spacial score (nSPS) is 23.6. The SMILES string of the molecule is N#C[C@H]1C(C2CCCCC2)N(C(=O)O)CC[C@@H]1n1cc(C(N)=O)c(Nc2ccc(F)cc2)n1. The molecule has 2 aromatic rings. The predicted molar refractivity (Wildman–Crippen MR) is 118 cm³/mol. The van der Waals surface area contributed by atoms with Crippen LogP contribution in [0, 0.1) is 29.0 Å². The molecule has 174 valence electrons. The summed E-state index contributed by atoms with van der Waals surface area (Å²) in [5.41, 5.74) is 6.24. The number of nitrogens with one attached hydrogen (secondary N) is 1. The van der Waals surface area contributed by atoms with E-state index in [0.717, 1.165) is 32.1 Å². The molecule has 2 amide bonds. The lowest BCUT2D eigenvalue weighted by atomic mass is 9.73. The zero-order valence-electron chi connectivity index (χ0n) is 18.2. The number of hydrogen-bond acceptors (Lipinski definition) is 5. The minimum absolute atomic E-state index is 0.116. The Labute approximate surface area is 191 Å². The number of carbonyl (C=O) groups is 2. The monoisotopic (exact) mass is 454 g/mol. The summed E-state index contributed by atoms with van der Waals surface area (Å²) in [6.07, 6.45) is 5.84. The van der Waals surface area contributed by atoms with Gasteiger partial charge in [-0.25, -0.2) is 9.18 Å². The van der Waals surface area contributed by atoms with E-state index < -0.39 is 35.8 Å². The third kappa shape index (κ3) is 4.62. The molecule has 4 rings (SSSR count). The van der Waals surface area contributed by atoms with Gasteiger partial charge < -0.3 is 21.1 Å². The number of nitrogens with two attached hydrogens (primary N) is 1. The second kappa shape index (κ2) is 9.48. The van der Waals surface area contributed by atoms with Crippen molar-refractivity contribution in [2.45, 2.75) is 50.6 Å². The quantitative estimate of drug-likeness (QED) is 0.627. The molecule has 1 aliphatic heterocycles. The summed E-state index contributed by atoms with van der Waals surface area (Å²) < 4.78 is 14.8. The first-order chi connectivity index (χ1) is 15.9. The van der Waals surface area contributed by atoms with Crippen molar-refractivity contribution < 1.29 is 19.1 Å². The number of amides is 2. The van der Waals surface area contributed by atoms with Gasteiger partial charge in [0, 0.05) is 18.4 Å². The Hall–Kier alpha value is -3.61. The molecule has 10 heteroatoms. The summed E-state index contributed by atoms with van der Waals surface area (Å²) in [4.78, 5) is 25.5. The predicted octanol–water partition coefficient (Wildman–Crippen LogP) is 3.88. The Morgan fingerprint density at radius 3 is 2.48 bits per heavy atom. The Morgan fingerprint density at radius 2 is 1.88 bits per heavy atom. The van der Waals surface area contributed by atoms with Crippen LogP contribution in [0.2, 0.25) is 0 Å². The maximum absolute atomic E-state index is 13.2. The van der Waals surface area contributed by atoms with Gasteiger partial charge in [-0.1, -0.05) is 19.3 Å². The molecule has 1 saturated carbocycles. The number of hydrogen-bond donors (Lipinski definition) is 3. The molecule has 1 unspecified atom stereocenters. The van der Waals surface area contributed by atoms with Gasteiger partial charge in [0.25, 0.3) is 5.91 Å². The van der Waals surface area contributed by atoms with Crippen molar-refractivity contribution in [1.82, 2.24) is 14.7 Å². The first kappa shape index (κ1) is 22.6. The Balaban J connectivity index is 1.67. The molecule has 1 aromatic carbocycles. The standard InChI is InChI=1S/C23H27FN6O3/c24-15-6-8-16(9-7-15)27-22-18(21(26)31)13-30(28-22)19-10-11-29(23(32)33)20(17(19)12-25)14-4-2-1-3-5-14/h6-9,13-14,17,19-20H,1-5,10-11H2,(H2,26,31)(H,27,28)(H,32,33)/t17-,19+,20?/m1/s1. The molecular formula is C23H27FN6O3. The van der Waals surface area contributed by atoms with Crippen LogP contribution in [0.15, 0.2) is 30.5 Å². The largest absolute Gasteiger partial charge is 0.465 e. The Bertz CT molecular complexity index is 1060. The number of anilines is 2. The van der Waals surface area contributed by atoms with E-state index in [4.69, 9.17) is 5.73 Å². The fraction of sp³-hybridized carbons (Fsp3) is 0.478. The van der Waals surface area contributed by atoms with E-state index in [1.807, 2.05) is 0 Å². The number of carbonyl (C=O) groups excluding carboxylic acids is 1. The molecule has 0 radical (unpaired) electrons. The number of nitriles is 1. The van der Waals surface area contributed by atoms with Gasteiger partial charge >= 0.3 is 6.09 Å². The summed E-state index contributed by atoms with van der Waals surface area (Å²) in [5, 5.41) is 27.4. The summed E-state index contributed by atoms with van der Waals surface area (Å²) in [6.45, 7) is 0.284. The summed E-state index contributed by atoms with van der Waals surface area (Å²) >= 11 is 0. The van der Waals surface area contributed by atoms with Gasteiger partial charge in [0.15, 0.2) is 5.82 Å². The minimum atomic E-state index is -1.01. The highest BCUT2D eigenvalue weighted by molar-refractivity contribution is 5.98. The highest BCUT2D eigenvalue weighted by Gasteiger charge is 2.46. The lowest BCUT2D eigenvalue weighted by Crippen LogP contribution is -2.55. The first-order valence-corrected chi connectivity index (χ1v) is 11.2. The van der Waals surface area contributed by atoms with Crippen molar-refractivity contribution in [3.05, 3.63) is 41.8 Å². The zero-order valence-corrected chi connectivity index (χ0v) is 18.2. The number of benzene rings is 1. The number of halogens is 1. The zero-order chi connectivity index (χ0) is 23.5. The molecule has 1 aromatic heterocycles. The van der Waals surface area contributed by atoms with Crippen molar-refractivity contribution in [3.8, 4) is 6.07 Å². The van der Waals surface area contributed by atoms with Crippen LogP contribution in [0.4, 0.5) is 20.7 Å². The van der Waals surface area contributed by atoms with Gasteiger partial charge in [0.05, 0.1) is 24.1 Å². The van der Waals surface area contributed by atoms with E-state index in [1.165, 1.54) is 35.4 Å². The van der Waals surface area contributed by atoms with Gasteiger partial charge in [0.1, 0.15) is 11.4 Å². The number of piperidine rings is 1. The fourth-order valence-corrected chi connectivity index (χ4v) is 5.23. The number of likely N-dealkylation sites (tertiary alicyclic amines) is 1. The van der Waals surface area contributed by atoms with E-state index in [1.54, 1.807) is 4.68 Å². The maximum Gasteiger partial charge on any atom is 0.407 e. The van der Waals surface area contributed by atoms with Crippen molar-refractivity contribution in [3.63, 3.8) is 0 Å². The van der Waals surface area contributed by atoms with Crippen LogP contribution in [-0.4, -0.2) is 44.4 Å². The number of nitrogens with zero attached hydrogens (tertiary/aromatic N) is 4. The molecule has 2 aliphatic rings. The molecule has 4 N–H and O–H groups in total. The van der Waals surface area contributed by atoms with Gasteiger partial charge in [-0.3, -0.25) is 9.48 Å². The summed E-state index contributed by atoms with van der Waals surface area (Å²) in [6, 6.07) is 7.12. The Kier molecular flexibility index (Phi) is 6.49. The molecule has 3 atom stereocenters. The second-order valence-corrected chi connectivity index (χ2v) is 8.74. The number of carboxylic acid groups (broad SMARTS) is 1. The number of primary amides is 1. The molecule has 1 aliphatic carbocycles. The van der Waals surface area contributed by atoms with Gasteiger partial charge in [-0.2, -0.15) is 10.4 Å². The summed E-state index contributed by atoms with van der Waals surface area (Å²) in [5.74, 6) is -1.37. The topological polar surface area (TPSA) is 137 Å². The highest BCUT2D eigenvalue weighted by atomic mass is 19.1. The van der Waals surface area contributed by atoms with E-state index in [9.17, 15) is 24.3 Å². The van der Waals surface area contributed by atoms with Crippen LogP contribution in [0.5, 0.6) is 0 Å². The minimum Gasteiger partial charge on any atom is -0.465 e. The average molecular weight is 455 g/mol. The van der Waals surface area contributed by atoms with E-state index in [2.05, 4.69) is 16.5 Å². The van der Waals surface area contributed by atoms with Crippen LogP contribution in [0.25, 0.3) is 0 Å². The molecular weight excluding hydrogens is 427 g/mol. The highest BCUT2D eigenvalue weighted by Crippen LogP contribution is 2.41. The first-order valence-electron chi connectivity index (χ1n) is 11.2. The van der Waals surface area contributed by atoms with Gasteiger partial charge in [-0.05, 0) is 49.4 Å². The molecule has 0 bridgehead atoms. The Morgan fingerprint density at radius 1 is 1.18 bits per heavy atom. The fourth-order valence-electron chi connectivity index (χ4n) is 5.23. The van der Waals surface area contributed by atoms with Crippen LogP contribution in [-0.2, 0) is 0 Å². The van der Waals surface area contributed by atoms with E-state index in [0.29, 0.717) is 12.1 Å². The molecule has 1 saturated heterocycles. The third-order valence-corrected chi connectivity index (χ3v) is 6.78. The smallest absolute Gasteiger partial charge is 0.407 e. The molecule has 0 spiro atoms. The van der Waals surface area contributed by atoms with Crippen LogP contribution < -0.4 is 11.1 Å². The van der Waals surface area contributed by atoms with Crippen molar-refractivity contribution in [2.75, 3.05) is 11.9 Å². The van der Waals surface area contributed by atoms with Crippen LogP contribution >= 0.6 is 0 Å². The second-order valence-electron chi connectivity index (χ2n) is 8.74. The van der Waals surface area contributed by atoms with Gasteiger partial charge in [-0.15, -0.1) is 0 Å². The third-order valence-electron chi connectivity index (χ3n) is 6.78. The van der Waals surface area contributed by atoms with E-state index in [-0.39, 0.29) is 23.8 Å². The van der Waals surface area contributed by atoms with Crippen molar-refractivity contribution in [2.24, 2.45) is 17.6 Å². The van der Waals surface area contributed by atoms with Crippen molar-refractivity contribution in [1.29, 1.82) is 5.26 Å². The van der Waals surface area contributed by atoms with E-state index >= 15 is 0 Å². The molecule has 9 nitrogen and oxygen atoms in total. The van der Waals surface area contributed by atoms with Crippen LogP contribution in [0.3, 0.4) is 0 Å². The number of aromatic nitrogens is 2.